The van der Waals surface area contributed by atoms with E-state index in [1.807, 2.05) is 60.7 Å². The second-order valence-electron chi connectivity index (χ2n) is 11.2. The molecule has 4 rings (SSSR count). The lowest BCUT2D eigenvalue weighted by atomic mass is 9.94. The number of hydrogen-bond acceptors (Lipinski definition) is 5. The van der Waals surface area contributed by atoms with Gasteiger partial charge in [0.25, 0.3) is 0 Å². The molecule has 0 heterocycles. The molecule has 0 saturated heterocycles. The van der Waals surface area contributed by atoms with Crippen LogP contribution in [0.5, 0.6) is 5.75 Å². The van der Waals surface area contributed by atoms with Crippen molar-refractivity contribution in [3.63, 3.8) is 0 Å². The zero-order valence-electron chi connectivity index (χ0n) is 25.2. The van der Waals surface area contributed by atoms with E-state index in [0.717, 1.165) is 43.1 Å². The first-order valence-corrected chi connectivity index (χ1v) is 16.9. The Morgan fingerprint density at radius 2 is 1.49 bits per heavy atom. The summed E-state index contributed by atoms with van der Waals surface area (Å²) < 4.78 is 32.2. The summed E-state index contributed by atoms with van der Waals surface area (Å²) >= 11 is 0. The van der Waals surface area contributed by atoms with E-state index in [2.05, 4.69) is 5.32 Å². The van der Waals surface area contributed by atoms with Crippen molar-refractivity contribution in [3.05, 3.63) is 96.1 Å². The van der Waals surface area contributed by atoms with Gasteiger partial charge in [-0.2, -0.15) is 0 Å². The lowest BCUT2D eigenvalue weighted by Gasteiger charge is -2.34. The second-order valence-corrected chi connectivity index (χ2v) is 13.1. The molecule has 1 atom stereocenters. The highest BCUT2D eigenvalue weighted by molar-refractivity contribution is 7.92. The van der Waals surface area contributed by atoms with Crippen LogP contribution >= 0.6 is 0 Å². The van der Waals surface area contributed by atoms with Crippen molar-refractivity contribution in [2.75, 3.05) is 24.2 Å². The predicted molar refractivity (Wildman–Crippen MR) is 170 cm³/mol. The van der Waals surface area contributed by atoms with Gasteiger partial charge < -0.3 is 15.0 Å². The normalized spacial score (nSPS) is 14.5. The molecule has 0 spiro atoms. The van der Waals surface area contributed by atoms with Crippen LogP contribution in [0.15, 0.2) is 84.9 Å². The van der Waals surface area contributed by atoms with Gasteiger partial charge in [-0.1, -0.05) is 92.1 Å². The van der Waals surface area contributed by atoms with E-state index in [1.165, 1.54) is 17.8 Å². The number of carbonyl (C=O) groups is 2. The monoisotopic (exact) mass is 605 g/mol. The smallest absolute Gasteiger partial charge is 0.243 e. The Kier molecular flexibility index (Phi) is 11.6. The molecule has 3 aromatic rings. The Bertz CT molecular complexity index is 1430. The van der Waals surface area contributed by atoms with Crippen molar-refractivity contribution in [3.8, 4) is 5.75 Å². The molecule has 1 N–H and O–H groups in total. The van der Waals surface area contributed by atoms with Crippen LogP contribution in [0.25, 0.3) is 0 Å². The van der Waals surface area contributed by atoms with Crippen LogP contribution in [0.3, 0.4) is 0 Å². The van der Waals surface area contributed by atoms with E-state index >= 15 is 0 Å². The van der Waals surface area contributed by atoms with Gasteiger partial charge in [-0.05, 0) is 42.5 Å². The first kappa shape index (κ1) is 32.1. The van der Waals surface area contributed by atoms with Crippen LogP contribution in [0.4, 0.5) is 5.69 Å². The highest BCUT2D eigenvalue weighted by Gasteiger charge is 2.32. The Morgan fingerprint density at radius 3 is 2.12 bits per heavy atom. The minimum absolute atomic E-state index is 0.0794. The van der Waals surface area contributed by atoms with Crippen LogP contribution < -0.4 is 14.4 Å². The molecule has 230 valence electrons. The molecular weight excluding hydrogens is 562 g/mol. The number of amides is 2. The van der Waals surface area contributed by atoms with Gasteiger partial charge in [0.2, 0.25) is 21.8 Å². The molecule has 43 heavy (non-hydrogen) atoms. The lowest BCUT2D eigenvalue weighted by Crippen LogP contribution is -2.52. The maximum atomic E-state index is 14.0. The minimum Gasteiger partial charge on any atom is -0.495 e. The van der Waals surface area contributed by atoms with Crippen LogP contribution in [-0.2, 0) is 32.6 Å². The minimum atomic E-state index is -3.64. The first-order chi connectivity index (χ1) is 20.8. The fourth-order valence-corrected chi connectivity index (χ4v) is 6.67. The van der Waals surface area contributed by atoms with Gasteiger partial charge in [-0.25, -0.2) is 8.42 Å². The molecule has 9 heteroatoms. The topological polar surface area (TPSA) is 96.0 Å². The third-order valence-electron chi connectivity index (χ3n) is 7.92. The molecule has 1 saturated carbocycles. The van der Waals surface area contributed by atoms with Crippen molar-refractivity contribution < 1.29 is 22.7 Å². The third kappa shape index (κ3) is 9.32. The van der Waals surface area contributed by atoms with Gasteiger partial charge in [0.15, 0.2) is 0 Å². The quantitative estimate of drug-likeness (QED) is 0.268. The van der Waals surface area contributed by atoms with E-state index in [4.69, 9.17) is 4.74 Å². The second kappa shape index (κ2) is 15.6. The molecule has 8 nitrogen and oxygen atoms in total. The SMILES string of the molecule is COc1ccccc1N(CCCC(=O)N(Cc1ccccc1)[C@H](Cc1ccccc1)C(=O)NC1CCCCC1)S(C)(=O)=O. The number of benzene rings is 3. The van der Waals surface area contributed by atoms with Crippen molar-refractivity contribution in [2.45, 2.75) is 70.0 Å². The van der Waals surface area contributed by atoms with Crippen molar-refractivity contribution >= 4 is 27.5 Å². The van der Waals surface area contributed by atoms with E-state index in [-0.39, 0.29) is 43.8 Å². The molecule has 0 bridgehead atoms. The zero-order valence-corrected chi connectivity index (χ0v) is 26.0. The fraction of sp³-hybridized carbons (Fsp3) is 0.412. The first-order valence-electron chi connectivity index (χ1n) is 15.0. The summed E-state index contributed by atoms with van der Waals surface area (Å²) in [5.41, 5.74) is 2.32. The molecule has 2 amide bonds. The van der Waals surface area contributed by atoms with Gasteiger partial charge in [0.1, 0.15) is 11.8 Å². The average Bonchev–Trinajstić information content (AvgIpc) is 3.02. The molecule has 1 fully saturated rings. The summed E-state index contributed by atoms with van der Waals surface area (Å²) in [5, 5.41) is 3.25. The predicted octanol–water partition coefficient (Wildman–Crippen LogP) is 5.33. The number of nitrogens with one attached hydrogen (secondary N) is 1. The summed E-state index contributed by atoms with van der Waals surface area (Å²) in [6, 6.07) is 25.7. The maximum Gasteiger partial charge on any atom is 0.243 e. The largest absolute Gasteiger partial charge is 0.495 e. The molecule has 0 aliphatic heterocycles. The number of carbonyl (C=O) groups excluding carboxylic acids is 2. The molecular formula is C34H43N3O5S. The zero-order chi connectivity index (χ0) is 30.7. The van der Waals surface area contributed by atoms with E-state index in [1.54, 1.807) is 29.2 Å². The number of ether oxygens (including phenoxy) is 1. The summed E-state index contributed by atoms with van der Waals surface area (Å²) in [7, 11) is -2.14. The highest BCUT2D eigenvalue weighted by atomic mass is 32.2. The lowest BCUT2D eigenvalue weighted by molar-refractivity contribution is -0.141. The van der Waals surface area contributed by atoms with Gasteiger partial charge in [-0.3, -0.25) is 13.9 Å². The highest BCUT2D eigenvalue weighted by Crippen LogP contribution is 2.30. The van der Waals surface area contributed by atoms with Gasteiger partial charge in [0, 0.05) is 32.0 Å². The van der Waals surface area contributed by atoms with E-state index < -0.39 is 16.1 Å². The molecule has 0 aromatic heterocycles. The number of anilines is 1. The fourth-order valence-electron chi connectivity index (χ4n) is 5.70. The molecule has 3 aromatic carbocycles. The number of rotatable bonds is 14. The number of hydrogen-bond donors (Lipinski definition) is 1. The van der Waals surface area contributed by atoms with Crippen LogP contribution in [0.1, 0.15) is 56.1 Å². The number of nitrogens with zero attached hydrogens (tertiary/aromatic N) is 2. The Labute approximate surface area is 256 Å². The summed E-state index contributed by atoms with van der Waals surface area (Å²) in [5.74, 6) is 0.0936. The van der Waals surface area contributed by atoms with Crippen LogP contribution in [0, 0.1) is 0 Å². The molecule has 1 aliphatic rings. The molecule has 1 aliphatic carbocycles. The maximum absolute atomic E-state index is 14.0. The summed E-state index contributed by atoms with van der Waals surface area (Å²) in [6.45, 7) is 0.374. The van der Waals surface area contributed by atoms with E-state index in [0.29, 0.717) is 17.9 Å². The van der Waals surface area contributed by atoms with Crippen LogP contribution in [0.2, 0.25) is 0 Å². The summed E-state index contributed by atoms with van der Waals surface area (Å²) in [6.07, 6.45) is 7.13. The number of para-hydroxylation sites is 2. The Hall–Kier alpha value is -3.85. The summed E-state index contributed by atoms with van der Waals surface area (Å²) in [4.78, 5) is 29.6. The molecule has 0 unspecified atom stereocenters. The third-order valence-corrected chi connectivity index (χ3v) is 9.10. The van der Waals surface area contributed by atoms with E-state index in [9.17, 15) is 18.0 Å². The number of methoxy groups -OCH3 is 1. The standard InChI is InChI=1S/C34H43N3O5S/c1-42-32-22-13-12-21-30(32)37(43(2,40)41)24-14-23-33(38)36(26-28-17-8-4-9-18-28)31(25-27-15-6-3-7-16-27)34(39)35-29-19-10-5-11-20-29/h3-4,6-9,12-13,15-18,21-22,29,31H,5,10-11,14,19-20,23-26H2,1-2H3,(H,35,39)/t31-/m1/s1. The van der Waals surface area contributed by atoms with Crippen molar-refractivity contribution in [1.29, 1.82) is 0 Å². The number of sulfonamides is 1. The Balaban J connectivity index is 1.58. The average molecular weight is 606 g/mol. The van der Waals surface area contributed by atoms with Gasteiger partial charge in [0.05, 0.1) is 19.1 Å². The Morgan fingerprint density at radius 1 is 0.884 bits per heavy atom. The molecule has 0 radical (unpaired) electrons. The van der Waals surface area contributed by atoms with Crippen LogP contribution in [-0.4, -0.2) is 57.1 Å². The van der Waals surface area contributed by atoms with Crippen molar-refractivity contribution in [1.82, 2.24) is 10.2 Å². The van der Waals surface area contributed by atoms with Gasteiger partial charge >= 0.3 is 0 Å². The van der Waals surface area contributed by atoms with Crippen molar-refractivity contribution in [2.24, 2.45) is 0 Å². The van der Waals surface area contributed by atoms with Gasteiger partial charge in [-0.15, -0.1) is 0 Å².